The highest BCUT2D eigenvalue weighted by Gasteiger charge is 2.07. The molecule has 82 valence electrons. The summed E-state index contributed by atoms with van der Waals surface area (Å²) in [6, 6.07) is 6.21. The Balaban J connectivity index is 3.05. The van der Waals surface area contributed by atoms with Crippen LogP contribution < -0.4 is 5.32 Å². The quantitative estimate of drug-likeness (QED) is 0.615. The maximum Gasteiger partial charge on any atom is 0.271 e. The summed E-state index contributed by atoms with van der Waals surface area (Å²) in [5, 5.41) is 22.3. The van der Waals surface area contributed by atoms with Gasteiger partial charge in [0, 0.05) is 18.7 Å². The van der Waals surface area contributed by atoms with Gasteiger partial charge in [0.05, 0.1) is 16.6 Å². The van der Waals surface area contributed by atoms with Crippen molar-refractivity contribution in [3.05, 3.63) is 45.5 Å². The molecule has 0 atom stereocenters. The van der Waals surface area contributed by atoms with Crippen LogP contribution in [0.2, 0.25) is 0 Å². The van der Waals surface area contributed by atoms with Gasteiger partial charge in [-0.25, -0.2) is 0 Å². The second-order valence-corrected chi connectivity index (χ2v) is 3.14. The van der Waals surface area contributed by atoms with Crippen LogP contribution in [0.5, 0.6) is 0 Å². The van der Waals surface area contributed by atoms with Gasteiger partial charge in [0.2, 0.25) is 0 Å². The second kappa shape index (κ2) is 5.63. The van der Waals surface area contributed by atoms with E-state index in [1.54, 1.807) is 19.2 Å². The topological polar surface area (TPSA) is 79.0 Å². The van der Waals surface area contributed by atoms with Crippen molar-refractivity contribution in [3.8, 4) is 6.07 Å². The number of likely N-dealkylation sites (N-methyl/N-ethyl adjacent to an activating group) is 1. The van der Waals surface area contributed by atoms with Crippen LogP contribution in [0.4, 0.5) is 5.69 Å². The fourth-order valence-corrected chi connectivity index (χ4v) is 1.21. The van der Waals surface area contributed by atoms with E-state index in [-0.39, 0.29) is 5.69 Å². The molecule has 0 saturated carbocycles. The zero-order valence-electron chi connectivity index (χ0n) is 8.80. The third kappa shape index (κ3) is 3.19. The summed E-state index contributed by atoms with van der Waals surface area (Å²) in [4.78, 5) is 10.1. The highest BCUT2D eigenvalue weighted by atomic mass is 16.6. The molecule has 1 aromatic carbocycles. The summed E-state index contributed by atoms with van der Waals surface area (Å²) >= 11 is 0. The molecule has 0 aliphatic carbocycles. The lowest BCUT2D eigenvalue weighted by Gasteiger charge is -1.96. The third-order valence-corrected chi connectivity index (χ3v) is 1.91. The molecule has 1 rings (SSSR count). The summed E-state index contributed by atoms with van der Waals surface area (Å²) in [6.07, 6.45) is 3.57. The van der Waals surface area contributed by atoms with Crippen molar-refractivity contribution in [2.45, 2.75) is 0 Å². The van der Waals surface area contributed by atoms with E-state index >= 15 is 0 Å². The number of nitrogens with one attached hydrogen (secondary N) is 1. The molecule has 5 nitrogen and oxygen atoms in total. The molecule has 1 aromatic rings. The first-order chi connectivity index (χ1) is 7.67. The van der Waals surface area contributed by atoms with E-state index in [2.05, 4.69) is 5.32 Å². The minimum absolute atomic E-state index is 0.0665. The van der Waals surface area contributed by atoms with Gasteiger partial charge in [-0.15, -0.1) is 0 Å². The van der Waals surface area contributed by atoms with Crippen molar-refractivity contribution >= 4 is 11.8 Å². The summed E-state index contributed by atoms with van der Waals surface area (Å²) in [6.45, 7) is 0.671. The Bertz CT molecular complexity index is 461. The minimum atomic E-state index is -0.504. The summed E-state index contributed by atoms with van der Waals surface area (Å²) in [5.74, 6) is 0. The molecule has 0 unspecified atom stereocenters. The molecule has 0 heterocycles. The van der Waals surface area contributed by atoms with Crippen molar-refractivity contribution in [3.63, 3.8) is 0 Å². The van der Waals surface area contributed by atoms with E-state index < -0.39 is 4.92 Å². The average molecular weight is 217 g/mol. The number of nitriles is 1. The van der Waals surface area contributed by atoms with Gasteiger partial charge in [0.1, 0.15) is 0 Å². The zero-order valence-corrected chi connectivity index (χ0v) is 8.80. The zero-order chi connectivity index (χ0) is 12.0. The fourth-order valence-electron chi connectivity index (χ4n) is 1.21. The molecular formula is C11H11N3O2. The van der Waals surface area contributed by atoms with Gasteiger partial charge in [-0.3, -0.25) is 10.1 Å². The average Bonchev–Trinajstić information content (AvgIpc) is 2.29. The van der Waals surface area contributed by atoms with Crippen LogP contribution in [0.3, 0.4) is 0 Å². The second-order valence-electron chi connectivity index (χ2n) is 3.14. The standard InChI is InChI=1S/C11H11N3O2/c1-13-4-2-3-9-5-10(8-12)7-11(6-9)14(15)16/h2-3,5-7,13H,4H2,1H3. The Morgan fingerprint density at radius 2 is 2.31 bits per heavy atom. The number of rotatable bonds is 4. The summed E-state index contributed by atoms with van der Waals surface area (Å²) in [5.41, 5.74) is 0.877. The fraction of sp³-hybridized carbons (Fsp3) is 0.182. The normalized spacial score (nSPS) is 10.2. The van der Waals surface area contributed by atoms with Crippen LogP contribution in [0.15, 0.2) is 24.3 Å². The SMILES string of the molecule is CNCC=Cc1cc(C#N)cc([N+](=O)[O-])c1. The Morgan fingerprint density at radius 3 is 2.88 bits per heavy atom. The molecule has 16 heavy (non-hydrogen) atoms. The predicted molar refractivity (Wildman–Crippen MR) is 60.8 cm³/mol. The number of non-ortho nitro benzene ring substituents is 1. The molecule has 0 fully saturated rings. The number of benzene rings is 1. The van der Waals surface area contributed by atoms with Gasteiger partial charge in [-0.1, -0.05) is 12.2 Å². The molecule has 0 spiro atoms. The summed E-state index contributed by atoms with van der Waals surface area (Å²) < 4.78 is 0. The first-order valence-electron chi connectivity index (χ1n) is 4.68. The minimum Gasteiger partial charge on any atom is -0.316 e. The van der Waals surface area contributed by atoms with Crippen molar-refractivity contribution in [1.29, 1.82) is 5.26 Å². The molecule has 0 amide bonds. The molecule has 0 saturated heterocycles. The van der Waals surface area contributed by atoms with E-state index in [1.165, 1.54) is 12.1 Å². The van der Waals surface area contributed by atoms with Gasteiger partial charge >= 0.3 is 0 Å². The number of nitrogens with zero attached hydrogens (tertiary/aromatic N) is 2. The van der Waals surface area contributed by atoms with E-state index in [0.29, 0.717) is 17.7 Å². The highest BCUT2D eigenvalue weighted by molar-refractivity contribution is 5.57. The molecule has 0 aliphatic rings. The molecule has 5 heteroatoms. The Hall–Kier alpha value is -2.19. The largest absolute Gasteiger partial charge is 0.316 e. The van der Waals surface area contributed by atoms with Crippen LogP contribution in [0.1, 0.15) is 11.1 Å². The predicted octanol–water partition coefficient (Wildman–Crippen LogP) is 1.70. The molecular weight excluding hydrogens is 206 g/mol. The molecule has 0 aliphatic heterocycles. The monoisotopic (exact) mass is 217 g/mol. The first-order valence-corrected chi connectivity index (χ1v) is 4.68. The van der Waals surface area contributed by atoms with Crippen LogP contribution in [0, 0.1) is 21.4 Å². The highest BCUT2D eigenvalue weighted by Crippen LogP contribution is 2.17. The van der Waals surface area contributed by atoms with E-state index in [0.717, 1.165) is 0 Å². The smallest absolute Gasteiger partial charge is 0.271 e. The number of nitro benzene ring substituents is 1. The maximum absolute atomic E-state index is 10.6. The van der Waals surface area contributed by atoms with Gasteiger partial charge in [-0.05, 0) is 18.7 Å². The summed E-state index contributed by atoms with van der Waals surface area (Å²) in [7, 11) is 1.80. The van der Waals surface area contributed by atoms with Crippen LogP contribution in [-0.4, -0.2) is 18.5 Å². The van der Waals surface area contributed by atoms with E-state index in [1.807, 2.05) is 12.1 Å². The van der Waals surface area contributed by atoms with E-state index in [4.69, 9.17) is 5.26 Å². The van der Waals surface area contributed by atoms with Gasteiger partial charge in [0.25, 0.3) is 5.69 Å². The van der Waals surface area contributed by atoms with E-state index in [9.17, 15) is 10.1 Å². The number of nitro groups is 1. The van der Waals surface area contributed by atoms with Crippen LogP contribution in [0.25, 0.3) is 6.08 Å². The number of hydrogen-bond acceptors (Lipinski definition) is 4. The molecule has 1 N–H and O–H groups in total. The first kappa shape index (κ1) is 11.9. The lowest BCUT2D eigenvalue weighted by Crippen LogP contribution is -2.03. The van der Waals surface area contributed by atoms with Crippen LogP contribution >= 0.6 is 0 Å². The van der Waals surface area contributed by atoms with Crippen LogP contribution in [-0.2, 0) is 0 Å². The number of hydrogen-bond donors (Lipinski definition) is 1. The molecule has 0 bridgehead atoms. The van der Waals surface area contributed by atoms with Crippen molar-refractivity contribution in [1.82, 2.24) is 5.32 Å². The Kier molecular flexibility index (Phi) is 4.18. The molecule has 0 aromatic heterocycles. The lowest BCUT2D eigenvalue weighted by atomic mass is 10.1. The van der Waals surface area contributed by atoms with Crippen molar-refractivity contribution in [2.24, 2.45) is 0 Å². The lowest BCUT2D eigenvalue weighted by molar-refractivity contribution is -0.384. The maximum atomic E-state index is 10.6. The third-order valence-electron chi connectivity index (χ3n) is 1.91. The van der Waals surface area contributed by atoms with Crippen molar-refractivity contribution in [2.75, 3.05) is 13.6 Å². The van der Waals surface area contributed by atoms with Gasteiger partial charge in [0.15, 0.2) is 0 Å². The Labute approximate surface area is 93.2 Å². The van der Waals surface area contributed by atoms with Gasteiger partial charge in [-0.2, -0.15) is 5.26 Å². The molecule has 0 radical (unpaired) electrons. The Morgan fingerprint density at radius 1 is 1.56 bits per heavy atom. The van der Waals surface area contributed by atoms with Crippen molar-refractivity contribution < 1.29 is 4.92 Å². The van der Waals surface area contributed by atoms with Gasteiger partial charge < -0.3 is 5.32 Å².